The van der Waals surface area contributed by atoms with Crippen LogP contribution in [0, 0.1) is 6.92 Å². The lowest BCUT2D eigenvalue weighted by molar-refractivity contribution is -0.140. The molecule has 258 valence electrons. The van der Waals surface area contributed by atoms with Gasteiger partial charge in [0.15, 0.2) is 0 Å². The lowest BCUT2D eigenvalue weighted by Gasteiger charge is -2.35. The molecular weight excluding hydrogens is 651 g/mol. The molecule has 0 bridgehead atoms. The summed E-state index contributed by atoms with van der Waals surface area (Å²) < 4.78 is 70.4. The van der Waals surface area contributed by atoms with Crippen molar-refractivity contribution >= 4 is 27.5 Å². The van der Waals surface area contributed by atoms with Crippen LogP contribution in [0.1, 0.15) is 54.4 Å². The van der Waals surface area contributed by atoms with Crippen LogP contribution < -0.4 is 9.62 Å². The quantitative estimate of drug-likeness (QED) is 0.169. The van der Waals surface area contributed by atoms with E-state index in [0.29, 0.717) is 4.31 Å². The summed E-state index contributed by atoms with van der Waals surface area (Å²) in [5.41, 5.74) is 1.01. The number of sulfonamides is 1. The molecule has 7 nitrogen and oxygen atoms in total. The Morgan fingerprint density at radius 2 is 1.47 bits per heavy atom. The molecule has 49 heavy (non-hydrogen) atoms. The van der Waals surface area contributed by atoms with Gasteiger partial charge >= 0.3 is 6.18 Å². The van der Waals surface area contributed by atoms with Crippen molar-refractivity contribution in [1.82, 2.24) is 10.2 Å². The number of hydrogen-bond donors (Lipinski definition) is 1. The second-order valence-electron chi connectivity index (χ2n) is 12.4. The van der Waals surface area contributed by atoms with Gasteiger partial charge in [-0.25, -0.2) is 8.42 Å². The number of nitrogens with zero attached hydrogens (tertiary/aromatic N) is 2. The molecule has 1 saturated carbocycles. The highest BCUT2D eigenvalue weighted by molar-refractivity contribution is 7.92. The van der Waals surface area contributed by atoms with Gasteiger partial charge in [-0.15, -0.1) is 0 Å². The number of carbonyl (C=O) groups excluding carboxylic acids is 2. The molecule has 1 fully saturated rings. The van der Waals surface area contributed by atoms with E-state index in [1.54, 1.807) is 6.07 Å². The second kappa shape index (κ2) is 15.7. The van der Waals surface area contributed by atoms with Crippen molar-refractivity contribution < 1.29 is 31.2 Å². The van der Waals surface area contributed by atoms with E-state index in [1.165, 1.54) is 35.2 Å². The highest BCUT2D eigenvalue weighted by Gasteiger charge is 2.37. The van der Waals surface area contributed by atoms with Gasteiger partial charge in [-0.3, -0.25) is 13.9 Å². The molecule has 0 heterocycles. The Morgan fingerprint density at radius 1 is 0.837 bits per heavy atom. The zero-order chi connectivity index (χ0) is 35.0. The molecule has 0 saturated heterocycles. The fourth-order valence-corrected chi connectivity index (χ4v) is 7.58. The highest BCUT2D eigenvalue weighted by atomic mass is 32.2. The number of carbonyl (C=O) groups is 2. The van der Waals surface area contributed by atoms with E-state index in [9.17, 15) is 31.2 Å². The molecule has 0 radical (unpaired) electrons. The molecule has 1 aliphatic rings. The second-order valence-corrected chi connectivity index (χ2v) is 14.2. The molecule has 5 rings (SSSR count). The highest BCUT2D eigenvalue weighted by Crippen LogP contribution is 2.33. The summed E-state index contributed by atoms with van der Waals surface area (Å²) in [6.45, 7) is 1.01. The zero-order valence-corrected chi connectivity index (χ0v) is 28.1. The number of rotatable bonds is 12. The van der Waals surface area contributed by atoms with Gasteiger partial charge in [-0.1, -0.05) is 98.1 Å². The van der Waals surface area contributed by atoms with Crippen molar-refractivity contribution in [3.63, 3.8) is 0 Å². The van der Waals surface area contributed by atoms with Crippen LogP contribution in [0.4, 0.5) is 18.9 Å². The maximum atomic E-state index is 14.6. The van der Waals surface area contributed by atoms with Crippen LogP contribution in [-0.4, -0.2) is 43.8 Å². The van der Waals surface area contributed by atoms with Crippen LogP contribution in [0.15, 0.2) is 114 Å². The third-order valence-electron chi connectivity index (χ3n) is 8.90. The minimum Gasteiger partial charge on any atom is -0.352 e. The van der Waals surface area contributed by atoms with Crippen molar-refractivity contribution in [2.24, 2.45) is 0 Å². The fraction of sp³-hybridized carbons (Fsp3) is 0.316. The number of benzene rings is 4. The number of halogens is 3. The Kier molecular flexibility index (Phi) is 11.4. The van der Waals surface area contributed by atoms with E-state index in [0.717, 1.165) is 67.0 Å². The first kappa shape index (κ1) is 35.7. The summed E-state index contributed by atoms with van der Waals surface area (Å²) in [6.07, 6.45) is 0.0529. The lowest BCUT2D eigenvalue weighted by atomic mass is 9.94. The number of anilines is 1. The van der Waals surface area contributed by atoms with Gasteiger partial charge in [0.25, 0.3) is 10.0 Å². The fourth-order valence-electron chi connectivity index (χ4n) is 6.16. The molecule has 0 unspecified atom stereocenters. The predicted molar refractivity (Wildman–Crippen MR) is 183 cm³/mol. The average Bonchev–Trinajstić information content (AvgIpc) is 3.10. The number of aryl methyl sites for hydroxylation is 1. The molecule has 11 heteroatoms. The van der Waals surface area contributed by atoms with Gasteiger partial charge in [0.05, 0.1) is 16.1 Å². The first-order chi connectivity index (χ1) is 23.4. The molecule has 2 amide bonds. The summed E-state index contributed by atoms with van der Waals surface area (Å²) >= 11 is 0. The summed E-state index contributed by atoms with van der Waals surface area (Å²) in [5, 5.41) is 3.15. The average molecular weight is 692 g/mol. The number of hydrogen-bond acceptors (Lipinski definition) is 4. The van der Waals surface area contributed by atoms with Crippen molar-refractivity contribution in [3.05, 3.63) is 131 Å². The van der Waals surface area contributed by atoms with Gasteiger partial charge in [0.1, 0.15) is 12.6 Å². The van der Waals surface area contributed by atoms with Crippen molar-refractivity contribution in [1.29, 1.82) is 0 Å². The maximum Gasteiger partial charge on any atom is 0.416 e. The Bertz CT molecular complexity index is 1830. The smallest absolute Gasteiger partial charge is 0.352 e. The van der Waals surface area contributed by atoms with Crippen molar-refractivity contribution in [2.75, 3.05) is 10.8 Å². The Morgan fingerprint density at radius 3 is 2.12 bits per heavy atom. The molecule has 1 aliphatic carbocycles. The SMILES string of the molecule is Cc1ccccc1CN(C(=O)CN(c1cccc(C(F)(F)F)c1)S(=O)(=O)c1ccccc1)[C@H](Cc1ccccc1)C(=O)NC1CCCCC1. The number of amides is 2. The molecule has 0 aromatic heterocycles. The van der Waals surface area contributed by atoms with Crippen molar-refractivity contribution in [3.8, 4) is 0 Å². The normalized spacial score (nSPS) is 14.5. The van der Waals surface area contributed by atoms with Crippen molar-refractivity contribution in [2.45, 2.75) is 75.1 Å². The summed E-state index contributed by atoms with van der Waals surface area (Å²) in [4.78, 5) is 30.0. The van der Waals surface area contributed by atoms with Gasteiger partial charge in [0, 0.05) is 19.0 Å². The van der Waals surface area contributed by atoms with Gasteiger partial charge in [-0.2, -0.15) is 13.2 Å². The minimum absolute atomic E-state index is 0.0249. The summed E-state index contributed by atoms with van der Waals surface area (Å²) in [7, 11) is -4.54. The minimum atomic E-state index is -4.75. The van der Waals surface area contributed by atoms with E-state index < -0.39 is 40.3 Å². The third-order valence-corrected chi connectivity index (χ3v) is 10.7. The van der Waals surface area contributed by atoms with Gasteiger partial charge in [0.2, 0.25) is 11.8 Å². The third kappa shape index (κ3) is 9.08. The standard InChI is InChI=1S/C38H40F3N3O4S/c1-28-14-11-12-17-30(28)26-43(35(24-29-15-5-2-6-16-29)37(46)42-32-19-7-3-8-20-32)36(45)27-44(49(47,48)34-22-9-4-10-23-34)33-21-13-18-31(25-33)38(39,40)41/h2,4-6,9-18,21-23,25,32,35H,3,7-8,19-20,24,26-27H2,1H3,(H,42,46)/t35-/m1/s1. The molecule has 0 spiro atoms. The Labute approximate surface area is 285 Å². The van der Waals surface area contributed by atoms with Gasteiger partial charge in [-0.05, 0) is 66.8 Å². The summed E-state index contributed by atoms with van der Waals surface area (Å²) in [6, 6.07) is 26.6. The van der Waals surface area contributed by atoms with E-state index in [1.807, 2.05) is 61.5 Å². The van der Waals surface area contributed by atoms with E-state index in [4.69, 9.17) is 0 Å². The maximum absolute atomic E-state index is 14.6. The molecule has 1 N–H and O–H groups in total. The van der Waals surface area contributed by atoms with Crippen LogP contribution in [0.2, 0.25) is 0 Å². The van der Waals surface area contributed by atoms with Crippen LogP contribution in [0.5, 0.6) is 0 Å². The Balaban J connectivity index is 1.59. The molecule has 1 atom stereocenters. The van der Waals surface area contributed by atoms with Crippen LogP contribution >= 0.6 is 0 Å². The monoisotopic (exact) mass is 691 g/mol. The Hall–Kier alpha value is -4.64. The lowest BCUT2D eigenvalue weighted by Crippen LogP contribution is -2.55. The summed E-state index contributed by atoms with van der Waals surface area (Å²) in [5.74, 6) is -1.10. The number of alkyl halides is 3. The predicted octanol–water partition coefficient (Wildman–Crippen LogP) is 7.30. The molecular formula is C38H40F3N3O4S. The van der Waals surface area contributed by atoms with Crippen LogP contribution in [0.25, 0.3) is 0 Å². The molecule has 4 aromatic carbocycles. The van der Waals surface area contributed by atoms with Gasteiger partial charge < -0.3 is 10.2 Å². The largest absolute Gasteiger partial charge is 0.416 e. The van der Waals surface area contributed by atoms with E-state index in [-0.39, 0.29) is 35.5 Å². The molecule has 0 aliphatic heterocycles. The van der Waals surface area contributed by atoms with Crippen LogP contribution in [-0.2, 0) is 38.8 Å². The molecule has 4 aromatic rings. The van der Waals surface area contributed by atoms with E-state index >= 15 is 0 Å². The van der Waals surface area contributed by atoms with Crippen LogP contribution in [0.3, 0.4) is 0 Å². The topological polar surface area (TPSA) is 86.8 Å². The zero-order valence-electron chi connectivity index (χ0n) is 27.3. The number of nitrogens with one attached hydrogen (secondary N) is 1. The first-order valence-electron chi connectivity index (χ1n) is 16.4. The van der Waals surface area contributed by atoms with E-state index in [2.05, 4.69) is 5.32 Å². The first-order valence-corrected chi connectivity index (χ1v) is 17.8.